The first-order valence-electron chi connectivity index (χ1n) is 5.45. The zero-order valence-electron chi connectivity index (χ0n) is 9.34. The molecule has 0 spiro atoms. The lowest BCUT2D eigenvalue weighted by molar-refractivity contribution is 0.519. The van der Waals surface area contributed by atoms with Gasteiger partial charge in [0.05, 0.1) is 0 Å². The lowest BCUT2D eigenvalue weighted by Crippen LogP contribution is -2.02. The minimum atomic E-state index is 0.502. The van der Waals surface area contributed by atoms with Crippen molar-refractivity contribution in [2.75, 3.05) is 5.88 Å². The Bertz CT molecular complexity index is 279. The summed E-state index contributed by atoms with van der Waals surface area (Å²) in [4.78, 5) is 0. The molecule has 1 rings (SSSR count). The number of hydrogen-bond acceptors (Lipinski definition) is 0. The third-order valence-electron chi connectivity index (χ3n) is 2.62. The Morgan fingerprint density at radius 3 is 2.20 bits per heavy atom. The van der Waals surface area contributed by atoms with E-state index in [1.807, 2.05) is 0 Å². The monoisotopic (exact) mass is 288 g/mol. The molecule has 0 radical (unpaired) electrons. The molecule has 1 atom stereocenters. The van der Waals surface area contributed by atoms with E-state index in [2.05, 4.69) is 54.0 Å². The van der Waals surface area contributed by atoms with Crippen molar-refractivity contribution in [1.29, 1.82) is 0 Å². The molecule has 0 saturated carbocycles. The number of rotatable bonds is 5. The van der Waals surface area contributed by atoms with Crippen molar-refractivity contribution in [1.82, 2.24) is 0 Å². The molecular weight excluding hydrogens is 272 g/mol. The van der Waals surface area contributed by atoms with Crippen LogP contribution in [0.5, 0.6) is 0 Å². The van der Waals surface area contributed by atoms with Crippen molar-refractivity contribution in [2.24, 2.45) is 5.92 Å². The molecule has 1 aromatic carbocycles. The molecule has 0 amide bonds. The van der Waals surface area contributed by atoms with E-state index in [4.69, 9.17) is 11.6 Å². The van der Waals surface area contributed by atoms with E-state index < -0.39 is 0 Å². The van der Waals surface area contributed by atoms with Gasteiger partial charge in [0, 0.05) is 10.4 Å². The average Bonchev–Trinajstić information content (AvgIpc) is 2.21. The van der Waals surface area contributed by atoms with Crippen LogP contribution in [-0.4, -0.2) is 5.88 Å². The Morgan fingerprint density at radius 2 is 1.73 bits per heavy atom. The summed E-state index contributed by atoms with van der Waals surface area (Å²) < 4.78 is 1.13. The summed E-state index contributed by atoms with van der Waals surface area (Å²) in [6, 6.07) is 8.50. The van der Waals surface area contributed by atoms with E-state index in [1.54, 1.807) is 0 Å². The van der Waals surface area contributed by atoms with Crippen molar-refractivity contribution in [3.63, 3.8) is 0 Å². The van der Waals surface area contributed by atoms with Gasteiger partial charge in [-0.25, -0.2) is 0 Å². The molecule has 0 heterocycles. The highest BCUT2D eigenvalue weighted by molar-refractivity contribution is 9.10. The summed E-state index contributed by atoms with van der Waals surface area (Å²) in [7, 11) is 0. The molecule has 1 unspecified atom stereocenters. The number of hydrogen-bond donors (Lipinski definition) is 0. The summed E-state index contributed by atoms with van der Waals surface area (Å²) >= 11 is 9.46. The predicted molar refractivity (Wildman–Crippen MR) is 71.7 cm³/mol. The third-order valence-corrected chi connectivity index (χ3v) is 3.52. The van der Waals surface area contributed by atoms with Gasteiger partial charge in [0.15, 0.2) is 0 Å². The van der Waals surface area contributed by atoms with Crippen LogP contribution in [0.25, 0.3) is 0 Å². The highest BCUT2D eigenvalue weighted by atomic mass is 79.9. The van der Waals surface area contributed by atoms with Gasteiger partial charge >= 0.3 is 0 Å². The van der Waals surface area contributed by atoms with Crippen LogP contribution in [0.3, 0.4) is 0 Å². The Hall–Kier alpha value is -0.0100. The second-order valence-electron chi connectivity index (χ2n) is 4.37. The molecule has 15 heavy (non-hydrogen) atoms. The van der Waals surface area contributed by atoms with E-state index in [0.29, 0.717) is 11.8 Å². The van der Waals surface area contributed by atoms with Gasteiger partial charge in [-0.2, -0.15) is 0 Å². The molecule has 0 saturated heterocycles. The SMILES string of the molecule is CC(C)CCC(CCl)c1ccc(Br)cc1. The molecule has 0 aliphatic rings. The molecule has 0 bridgehead atoms. The van der Waals surface area contributed by atoms with Crippen molar-refractivity contribution in [3.8, 4) is 0 Å². The van der Waals surface area contributed by atoms with Gasteiger partial charge in [0.1, 0.15) is 0 Å². The van der Waals surface area contributed by atoms with Gasteiger partial charge in [-0.1, -0.05) is 48.3 Å². The molecule has 0 aromatic heterocycles. The Labute approximate surface area is 106 Å². The maximum absolute atomic E-state index is 6.01. The summed E-state index contributed by atoms with van der Waals surface area (Å²) in [5, 5.41) is 0. The minimum Gasteiger partial charge on any atom is -0.126 e. The summed E-state index contributed by atoms with van der Waals surface area (Å²) in [5.41, 5.74) is 1.36. The smallest absolute Gasteiger partial charge is 0.0292 e. The van der Waals surface area contributed by atoms with Gasteiger partial charge in [-0.3, -0.25) is 0 Å². The quantitative estimate of drug-likeness (QED) is 0.653. The van der Waals surface area contributed by atoms with E-state index in [9.17, 15) is 0 Å². The molecule has 2 heteroatoms. The first-order chi connectivity index (χ1) is 7.13. The van der Waals surface area contributed by atoms with Gasteiger partial charge in [0.2, 0.25) is 0 Å². The largest absolute Gasteiger partial charge is 0.126 e. The van der Waals surface area contributed by atoms with Crippen LogP contribution in [0.15, 0.2) is 28.7 Å². The van der Waals surface area contributed by atoms with Gasteiger partial charge in [-0.15, -0.1) is 11.6 Å². The first-order valence-corrected chi connectivity index (χ1v) is 6.77. The van der Waals surface area contributed by atoms with Crippen LogP contribution in [-0.2, 0) is 0 Å². The summed E-state index contributed by atoms with van der Waals surface area (Å²) in [6.07, 6.45) is 2.43. The summed E-state index contributed by atoms with van der Waals surface area (Å²) in [6.45, 7) is 4.51. The Morgan fingerprint density at radius 1 is 1.13 bits per heavy atom. The van der Waals surface area contributed by atoms with E-state index in [0.717, 1.165) is 10.4 Å². The molecular formula is C13H18BrCl. The molecule has 0 aliphatic carbocycles. The second-order valence-corrected chi connectivity index (χ2v) is 5.60. The van der Waals surface area contributed by atoms with Crippen LogP contribution in [0.2, 0.25) is 0 Å². The number of benzene rings is 1. The van der Waals surface area contributed by atoms with Gasteiger partial charge in [0.25, 0.3) is 0 Å². The van der Waals surface area contributed by atoms with Gasteiger partial charge < -0.3 is 0 Å². The first kappa shape index (κ1) is 13.1. The lowest BCUT2D eigenvalue weighted by atomic mass is 9.93. The fraction of sp³-hybridized carbons (Fsp3) is 0.538. The predicted octanol–water partition coefficient (Wildman–Crippen LogP) is 5.21. The number of alkyl halides is 1. The van der Waals surface area contributed by atoms with E-state index >= 15 is 0 Å². The number of halogens is 2. The van der Waals surface area contributed by atoms with Crippen LogP contribution in [0, 0.1) is 5.92 Å². The minimum absolute atomic E-state index is 0.502. The van der Waals surface area contributed by atoms with Crippen LogP contribution in [0.4, 0.5) is 0 Å². The Balaban J connectivity index is 2.61. The Kier molecular flexibility index (Phi) is 5.70. The standard InChI is InChI=1S/C13H18BrCl/c1-10(2)3-4-12(9-15)11-5-7-13(14)8-6-11/h5-8,10,12H,3-4,9H2,1-2H3. The van der Waals surface area contributed by atoms with Gasteiger partial charge in [-0.05, 0) is 36.0 Å². The average molecular weight is 290 g/mol. The van der Waals surface area contributed by atoms with Crippen molar-refractivity contribution >= 4 is 27.5 Å². The molecule has 0 fully saturated rings. The van der Waals surface area contributed by atoms with Crippen LogP contribution in [0.1, 0.15) is 38.2 Å². The van der Waals surface area contributed by atoms with E-state index in [1.165, 1.54) is 18.4 Å². The third kappa shape index (κ3) is 4.56. The summed E-state index contributed by atoms with van der Waals surface area (Å²) in [5.74, 6) is 1.97. The van der Waals surface area contributed by atoms with Crippen LogP contribution < -0.4 is 0 Å². The van der Waals surface area contributed by atoms with Crippen LogP contribution >= 0.6 is 27.5 Å². The van der Waals surface area contributed by atoms with Crippen molar-refractivity contribution < 1.29 is 0 Å². The zero-order chi connectivity index (χ0) is 11.3. The second kappa shape index (κ2) is 6.55. The van der Waals surface area contributed by atoms with Crippen molar-refractivity contribution in [2.45, 2.75) is 32.6 Å². The highest BCUT2D eigenvalue weighted by Gasteiger charge is 2.10. The zero-order valence-corrected chi connectivity index (χ0v) is 11.7. The lowest BCUT2D eigenvalue weighted by Gasteiger charge is -2.15. The molecule has 0 nitrogen and oxygen atoms in total. The maximum atomic E-state index is 6.01. The van der Waals surface area contributed by atoms with Crippen molar-refractivity contribution in [3.05, 3.63) is 34.3 Å². The normalized spacial score (nSPS) is 13.1. The van der Waals surface area contributed by atoms with E-state index in [-0.39, 0.29) is 0 Å². The highest BCUT2D eigenvalue weighted by Crippen LogP contribution is 2.25. The topological polar surface area (TPSA) is 0 Å². The fourth-order valence-corrected chi connectivity index (χ4v) is 2.20. The molecule has 1 aromatic rings. The fourth-order valence-electron chi connectivity index (χ4n) is 1.60. The maximum Gasteiger partial charge on any atom is 0.0292 e. The molecule has 0 N–H and O–H groups in total. The molecule has 0 aliphatic heterocycles. The molecule has 84 valence electrons.